The van der Waals surface area contributed by atoms with Gasteiger partial charge < -0.3 is 24.2 Å². The molecule has 0 aliphatic carbocycles. The average Bonchev–Trinajstić information content (AvgIpc) is 3.17. The Bertz CT molecular complexity index is 821. The second-order valence-electron chi connectivity index (χ2n) is 9.42. The first-order valence-corrected chi connectivity index (χ1v) is 11.3. The van der Waals surface area contributed by atoms with Gasteiger partial charge in [-0.1, -0.05) is 0 Å². The van der Waals surface area contributed by atoms with E-state index in [1.807, 2.05) is 34.9 Å². The van der Waals surface area contributed by atoms with Gasteiger partial charge in [-0.2, -0.15) is 0 Å². The highest BCUT2D eigenvalue weighted by Gasteiger charge is 2.36. The van der Waals surface area contributed by atoms with Crippen molar-refractivity contribution in [2.45, 2.75) is 50.5 Å². The van der Waals surface area contributed by atoms with Gasteiger partial charge in [-0.15, -0.1) is 0 Å². The van der Waals surface area contributed by atoms with Gasteiger partial charge in [0.15, 0.2) is 0 Å². The number of piperidine rings is 1. The molecule has 1 atom stereocenters. The Kier molecular flexibility index (Phi) is 7.71. The predicted octanol–water partition coefficient (Wildman–Crippen LogP) is 1.64. The first-order chi connectivity index (χ1) is 15.2. The summed E-state index contributed by atoms with van der Waals surface area (Å²) in [6.45, 7) is 6.72. The summed E-state index contributed by atoms with van der Waals surface area (Å²) in [5, 5.41) is 0. The molecule has 0 saturated carbocycles. The number of aromatic nitrogens is 2. The molecule has 0 bridgehead atoms. The predicted molar refractivity (Wildman–Crippen MR) is 122 cm³/mol. The summed E-state index contributed by atoms with van der Waals surface area (Å²) < 4.78 is 10.5. The number of ether oxygens (including phenoxy) is 2. The van der Waals surface area contributed by atoms with Crippen molar-refractivity contribution in [3.05, 3.63) is 17.6 Å². The Hall–Kier alpha value is -2.26. The summed E-state index contributed by atoms with van der Waals surface area (Å²) in [5.41, 5.74) is 0.108. The Balaban J connectivity index is 1.75. The number of methoxy groups -OCH3 is 2. The van der Waals surface area contributed by atoms with Gasteiger partial charge >= 0.3 is 0 Å². The fraction of sp³-hybridized carbons (Fsp3) is 0.739. The molecule has 3 heterocycles. The molecule has 0 radical (unpaired) electrons. The van der Waals surface area contributed by atoms with E-state index in [1.54, 1.807) is 28.1 Å². The summed E-state index contributed by atoms with van der Waals surface area (Å²) in [4.78, 5) is 40.6. The maximum Gasteiger partial charge on any atom is 0.254 e. The maximum absolute atomic E-state index is 12.7. The molecular formula is C23H37N5O4. The van der Waals surface area contributed by atoms with Gasteiger partial charge in [0, 0.05) is 78.8 Å². The van der Waals surface area contributed by atoms with E-state index >= 15 is 0 Å². The molecule has 9 heteroatoms. The molecule has 178 valence electrons. The summed E-state index contributed by atoms with van der Waals surface area (Å²) in [6, 6.07) is 2.00. The van der Waals surface area contributed by atoms with Crippen molar-refractivity contribution in [3.63, 3.8) is 0 Å². The van der Waals surface area contributed by atoms with Crippen molar-refractivity contribution >= 4 is 17.6 Å². The van der Waals surface area contributed by atoms with Crippen LogP contribution in [0, 0.1) is 0 Å². The second-order valence-corrected chi connectivity index (χ2v) is 9.42. The maximum atomic E-state index is 12.7. The van der Waals surface area contributed by atoms with Gasteiger partial charge in [0.25, 0.3) is 5.91 Å². The van der Waals surface area contributed by atoms with Crippen molar-refractivity contribution in [1.82, 2.24) is 19.8 Å². The third-order valence-electron chi connectivity index (χ3n) is 6.58. The molecule has 2 amide bonds. The van der Waals surface area contributed by atoms with E-state index in [0.29, 0.717) is 39.2 Å². The van der Waals surface area contributed by atoms with Gasteiger partial charge in [0.05, 0.1) is 12.3 Å². The molecule has 32 heavy (non-hydrogen) atoms. The minimum atomic E-state index is -0.814. The van der Waals surface area contributed by atoms with Crippen molar-refractivity contribution in [2.75, 3.05) is 66.0 Å². The molecule has 0 spiro atoms. The molecule has 1 aromatic heterocycles. The molecular weight excluding hydrogens is 410 g/mol. The summed E-state index contributed by atoms with van der Waals surface area (Å²) in [5.74, 6) is 2.07. The molecule has 0 aromatic carbocycles. The van der Waals surface area contributed by atoms with Gasteiger partial charge in [-0.3, -0.25) is 9.59 Å². The van der Waals surface area contributed by atoms with Crippen LogP contribution in [-0.4, -0.2) is 98.3 Å². The molecule has 2 saturated heterocycles. The molecule has 2 aliphatic heterocycles. The zero-order valence-electron chi connectivity index (χ0n) is 20.3. The van der Waals surface area contributed by atoms with Gasteiger partial charge in [0.2, 0.25) is 5.91 Å². The fourth-order valence-electron chi connectivity index (χ4n) is 4.29. The quantitative estimate of drug-likeness (QED) is 0.599. The van der Waals surface area contributed by atoms with E-state index in [9.17, 15) is 9.59 Å². The van der Waals surface area contributed by atoms with Crippen LogP contribution in [0.5, 0.6) is 0 Å². The molecule has 0 N–H and O–H groups in total. The van der Waals surface area contributed by atoms with E-state index < -0.39 is 5.60 Å². The van der Waals surface area contributed by atoms with Gasteiger partial charge in [-0.05, 0) is 26.7 Å². The van der Waals surface area contributed by atoms with Crippen LogP contribution in [0.2, 0.25) is 0 Å². The summed E-state index contributed by atoms with van der Waals surface area (Å²) >= 11 is 0. The lowest BCUT2D eigenvalue weighted by Crippen LogP contribution is -2.49. The molecule has 1 unspecified atom stereocenters. The Morgan fingerprint density at radius 2 is 1.88 bits per heavy atom. The van der Waals surface area contributed by atoms with Gasteiger partial charge in [0.1, 0.15) is 17.2 Å². The SMILES string of the molecule is COCCN1CC(c2cc(N(C)C)nc(C3CCN(C(=O)C(C)(C)OC)CC3)n2)CC1=O. The van der Waals surface area contributed by atoms with E-state index in [1.165, 1.54) is 0 Å². The Labute approximate surface area is 191 Å². The first-order valence-electron chi connectivity index (χ1n) is 11.3. The third kappa shape index (κ3) is 5.38. The standard InChI is InChI=1S/C23H37N5O4/c1-23(2,32-6)22(30)27-9-7-16(8-10-27)21-24-18(14-19(25-21)26(3)4)17-13-20(29)28(15-17)11-12-31-5/h14,16-17H,7-13,15H2,1-6H3. The van der Waals surface area contributed by atoms with Crippen LogP contribution < -0.4 is 4.90 Å². The lowest BCUT2D eigenvalue weighted by atomic mass is 9.94. The van der Waals surface area contributed by atoms with E-state index in [0.717, 1.165) is 30.2 Å². The van der Waals surface area contributed by atoms with Crippen LogP contribution in [0.25, 0.3) is 0 Å². The van der Waals surface area contributed by atoms with Crippen LogP contribution in [0.3, 0.4) is 0 Å². The van der Waals surface area contributed by atoms with Crippen molar-refractivity contribution in [3.8, 4) is 0 Å². The minimum Gasteiger partial charge on any atom is -0.383 e. The largest absolute Gasteiger partial charge is 0.383 e. The number of hydrogen-bond donors (Lipinski definition) is 0. The highest BCUT2D eigenvalue weighted by molar-refractivity contribution is 5.84. The fourth-order valence-corrected chi connectivity index (χ4v) is 4.29. The van der Waals surface area contributed by atoms with Crippen LogP contribution in [0.1, 0.15) is 56.5 Å². The molecule has 3 rings (SSSR count). The smallest absolute Gasteiger partial charge is 0.254 e. The summed E-state index contributed by atoms with van der Waals surface area (Å²) in [7, 11) is 7.15. The van der Waals surface area contributed by atoms with Crippen LogP contribution in [0.4, 0.5) is 5.82 Å². The number of hydrogen-bond acceptors (Lipinski definition) is 7. The topological polar surface area (TPSA) is 88.1 Å². The zero-order valence-corrected chi connectivity index (χ0v) is 20.3. The highest BCUT2D eigenvalue weighted by Crippen LogP contribution is 2.32. The number of anilines is 1. The van der Waals surface area contributed by atoms with Crippen molar-refractivity contribution in [2.24, 2.45) is 0 Å². The van der Waals surface area contributed by atoms with Crippen LogP contribution in [0.15, 0.2) is 6.07 Å². The average molecular weight is 448 g/mol. The number of likely N-dealkylation sites (tertiary alicyclic amines) is 2. The lowest BCUT2D eigenvalue weighted by molar-refractivity contribution is -0.152. The number of nitrogens with zero attached hydrogens (tertiary/aromatic N) is 5. The number of carbonyl (C=O) groups is 2. The van der Waals surface area contributed by atoms with E-state index in [-0.39, 0.29) is 23.7 Å². The van der Waals surface area contributed by atoms with Crippen molar-refractivity contribution in [1.29, 1.82) is 0 Å². The second kappa shape index (κ2) is 10.1. The molecule has 2 fully saturated rings. The monoisotopic (exact) mass is 447 g/mol. The Morgan fingerprint density at radius 3 is 2.47 bits per heavy atom. The Morgan fingerprint density at radius 1 is 1.19 bits per heavy atom. The minimum absolute atomic E-state index is 0.0164. The normalized spacial score (nSPS) is 20.2. The van der Waals surface area contributed by atoms with Crippen LogP contribution >= 0.6 is 0 Å². The third-order valence-corrected chi connectivity index (χ3v) is 6.58. The number of carbonyl (C=O) groups excluding carboxylic acids is 2. The van der Waals surface area contributed by atoms with E-state index in [2.05, 4.69) is 0 Å². The molecule has 1 aromatic rings. The number of rotatable bonds is 8. The lowest BCUT2D eigenvalue weighted by Gasteiger charge is -2.36. The zero-order chi connectivity index (χ0) is 23.5. The van der Waals surface area contributed by atoms with Crippen molar-refractivity contribution < 1.29 is 19.1 Å². The summed E-state index contributed by atoms with van der Waals surface area (Å²) in [6.07, 6.45) is 2.09. The highest BCUT2D eigenvalue weighted by atomic mass is 16.5. The molecule has 2 aliphatic rings. The first kappa shape index (κ1) is 24.4. The number of amides is 2. The van der Waals surface area contributed by atoms with E-state index in [4.69, 9.17) is 19.4 Å². The van der Waals surface area contributed by atoms with Crippen LogP contribution in [-0.2, 0) is 19.1 Å². The van der Waals surface area contributed by atoms with Gasteiger partial charge in [-0.25, -0.2) is 9.97 Å². The molecule has 9 nitrogen and oxygen atoms in total.